The summed E-state index contributed by atoms with van der Waals surface area (Å²) in [7, 11) is -8.31. The van der Waals surface area contributed by atoms with Crippen LogP contribution in [-0.2, 0) is 26.6 Å². The molecule has 9 heteroatoms. The maximum Gasteiger partial charge on any atom is 0.328 e. The lowest BCUT2D eigenvalue weighted by Gasteiger charge is -2.62. The van der Waals surface area contributed by atoms with Gasteiger partial charge < -0.3 is 26.6 Å². The van der Waals surface area contributed by atoms with Gasteiger partial charge in [0.25, 0.3) is 0 Å². The smallest absolute Gasteiger partial charge is 0.328 e. The molecule has 0 aromatic carbocycles. The number of hydrogen-bond donors (Lipinski definition) is 0. The molecule has 6 nitrogen and oxygen atoms in total. The molecule has 0 unspecified atom stereocenters. The average molecular weight is 523 g/mol. The molecule has 0 N–H and O–H groups in total. The zero-order valence-electron chi connectivity index (χ0n) is 23.8. The fraction of sp³-hybridized carbons (Fsp3) is 1.00. The van der Waals surface area contributed by atoms with E-state index in [0.29, 0.717) is 39.6 Å². The van der Waals surface area contributed by atoms with Gasteiger partial charge in [-0.3, -0.25) is 0 Å². The molecule has 1 aliphatic heterocycles. The summed E-state index contributed by atoms with van der Waals surface area (Å²) in [4.78, 5) is 0. The van der Waals surface area contributed by atoms with Crippen LogP contribution >= 0.6 is 0 Å². The van der Waals surface area contributed by atoms with Crippen molar-refractivity contribution in [2.75, 3.05) is 39.6 Å². The highest BCUT2D eigenvalue weighted by Gasteiger charge is 2.71. The first kappa shape index (κ1) is 31.4. The molecule has 0 aromatic rings. The summed E-state index contributed by atoms with van der Waals surface area (Å²) in [6, 6.07) is 2.44. The molecule has 0 bridgehead atoms. The normalized spacial score (nSPS) is 29.5. The van der Waals surface area contributed by atoms with E-state index < -0.39 is 25.7 Å². The minimum atomic E-state index is -2.77. The van der Waals surface area contributed by atoms with Crippen molar-refractivity contribution in [3.05, 3.63) is 0 Å². The second-order valence-corrected chi connectivity index (χ2v) is 25.1. The molecule has 0 amide bonds. The minimum Gasteiger partial charge on any atom is -0.415 e. The Morgan fingerprint density at radius 3 is 0.818 bits per heavy atom. The highest BCUT2D eigenvalue weighted by atomic mass is 28.5. The molecule has 0 radical (unpaired) electrons. The van der Waals surface area contributed by atoms with Crippen LogP contribution in [-0.4, -0.2) is 65.3 Å². The molecule has 198 valence electrons. The third-order valence-electron chi connectivity index (χ3n) is 6.76. The second kappa shape index (κ2) is 12.1. The van der Waals surface area contributed by atoms with Crippen LogP contribution < -0.4 is 0 Å². The fourth-order valence-corrected chi connectivity index (χ4v) is 25.6. The fourth-order valence-electron chi connectivity index (χ4n) is 4.26. The Morgan fingerprint density at radius 1 is 0.455 bits per heavy atom. The van der Waals surface area contributed by atoms with E-state index >= 15 is 0 Å². The van der Waals surface area contributed by atoms with Crippen LogP contribution in [0, 0.1) is 0 Å². The Kier molecular flexibility index (Phi) is 11.5. The zero-order valence-corrected chi connectivity index (χ0v) is 26.8. The van der Waals surface area contributed by atoms with E-state index in [-0.39, 0.29) is 15.1 Å². The SMILES string of the molecule is CCOCC[Si]1(C(C)(C)C)O[Si](CCOCC)(C(C)(C)C)O[Si](CCOCC)(C(C)(C)C)O1. The van der Waals surface area contributed by atoms with Crippen LogP contribution in [0.25, 0.3) is 0 Å². The lowest BCUT2D eigenvalue weighted by molar-refractivity contribution is 0.110. The average Bonchev–Trinajstić information content (AvgIpc) is 2.66. The molecule has 0 aliphatic carbocycles. The molecule has 1 rings (SSSR count). The van der Waals surface area contributed by atoms with E-state index in [9.17, 15) is 0 Å². The van der Waals surface area contributed by atoms with Crippen LogP contribution in [0.15, 0.2) is 0 Å². The van der Waals surface area contributed by atoms with Crippen LogP contribution in [0.5, 0.6) is 0 Å². The maximum atomic E-state index is 7.41. The van der Waals surface area contributed by atoms with Gasteiger partial charge in [0.2, 0.25) is 0 Å². The standard InChI is InChI=1S/C24H54O6Si3/c1-13-25-16-19-31(22(4,5)6)28-32(23(7,8)9,20-17-26-14-2)30-33(29-31,24(10,11)12)21-18-27-15-3/h13-21H2,1-12H3. The van der Waals surface area contributed by atoms with E-state index in [2.05, 4.69) is 62.3 Å². The van der Waals surface area contributed by atoms with Crippen LogP contribution in [0.3, 0.4) is 0 Å². The molecular weight excluding hydrogens is 469 g/mol. The summed E-state index contributed by atoms with van der Waals surface area (Å²) in [5, 5.41) is -0.381. The van der Waals surface area contributed by atoms with Crippen molar-refractivity contribution < 1.29 is 26.6 Å². The van der Waals surface area contributed by atoms with Crippen LogP contribution in [0.1, 0.15) is 83.1 Å². The van der Waals surface area contributed by atoms with Gasteiger partial charge in [0, 0.05) is 72.9 Å². The van der Waals surface area contributed by atoms with Gasteiger partial charge in [-0.15, -0.1) is 0 Å². The summed E-state index contributed by atoms with van der Waals surface area (Å²) < 4.78 is 39.9. The first-order valence-corrected chi connectivity index (χ1v) is 19.0. The van der Waals surface area contributed by atoms with Gasteiger partial charge in [0.1, 0.15) is 0 Å². The Bertz CT molecular complexity index is 493. The quantitative estimate of drug-likeness (QED) is 0.205. The summed E-state index contributed by atoms with van der Waals surface area (Å²) >= 11 is 0. The molecule has 1 heterocycles. The summed E-state index contributed by atoms with van der Waals surface area (Å²) in [5.41, 5.74) is 0. The molecule has 0 saturated carbocycles. The number of hydrogen-bond acceptors (Lipinski definition) is 6. The van der Waals surface area contributed by atoms with Crippen molar-refractivity contribution in [2.45, 2.75) is 116 Å². The van der Waals surface area contributed by atoms with Crippen LogP contribution in [0.2, 0.25) is 33.2 Å². The van der Waals surface area contributed by atoms with E-state index in [0.717, 1.165) is 18.1 Å². The highest BCUT2D eigenvalue weighted by molar-refractivity contribution is 6.97. The highest BCUT2D eigenvalue weighted by Crippen LogP contribution is 2.58. The maximum absolute atomic E-state index is 7.41. The minimum absolute atomic E-state index is 0.127. The van der Waals surface area contributed by atoms with Crippen molar-refractivity contribution in [1.29, 1.82) is 0 Å². The number of rotatable bonds is 12. The van der Waals surface area contributed by atoms with Crippen molar-refractivity contribution in [3.8, 4) is 0 Å². The van der Waals surface area contributed by atoms with Crippen LogP contribution in [0.4, 0.5) is 0 Å². The summed E-state index contributed by atoms with van der Waals surface area (Å²) in [6.07, 6.45) is 0. The van der Waals surface area contributed by atoms with Gasteiger partial charge in [0.05, 0.1) is 0 Å². The third-order valence-corrected chi connectivity index (χ3v) is 24.1. The largest absolute Gasteiger partial charge is 0.415 e. The summed E-state index contributed by atoms with van der Waals surface area (Å²) in [5.74, 6) is 0. The predicted octanol–water partition coefficient (Wildman–Crippen LogP) is 6.89. The molecule has 0 spiro atoms. The van der Waals surface area contributed by atoms with Crippen molar-refractivity contribution in [1.82, 2.24) is 0 Å². The first-order valence-electron chi connectivity index (χ1n) is 12.9. The van der Waals surface area contributed by atoms with Gasteiger partial charge in [0.15, 0.2) is 0 Å². The molecule has 1 fully saturated rings. The van der Waals surface area contributed by atoms with Gasteiger partial charge in [-0.1, -0.05) is 62.3 Å². The van der Waals surface area contributed by atoms with Crippen molar-refractivity contribution in [2.24, 2.45) is 0 Å². The Labute approximate surface area is 208 Å². The molecule has 33 heavy (non-hydrogen) atoms. The molecule has 1 saturated heterocycles. The van der Waals surface area contributed by atoms with Gasteiger partial charge in [-0.25, -0.2) is 0 Å². The van der Waals surface area contributed by atoms with Crippen molar-refractivity contribution in [3.63, 3.8) is 0 Å². The molecule has 0 aromatic heterocycles. The van der Waals surface area contributed by atoms with Gasteiger partial charge >= 0.3 is 25.7 Å². The lowest BCUT2D eigenvalue weighted by atomic mass is 10.2. The molecule has 1 aliphatic rings. The van der Waals surface area contributed by atoms with Crippen molar-refractivity contribution >= 4 is 25.7 Å². The third kappa shape index (κ3) is 7.45. The Morgan fingerprint density at radius 2 is 0.667 bits per heavy atom. The molecule has 0 atom stereocenters. The topological polar surface area (TPSA) is 55.4 Å². The van der Waals surface area contributed by atoms with E-state index in [1.54, 1.807) is 0 Å². The van der Waals surface area contributed by atoms with Gasteiger partial charge in [-0.05, 0) is 20.8 Å². The molecular formula is C24H54O6Si3. The predicted molar refractivity (Wildman–Crippen MR) is 144 cm³/mol. The zero-order chi connectivity index (χ0) is 25.6. The van der Waals surface area contributed by atoms with Gasteiger partial charge in [-0.2, -0.15) is 0 Å². The monoisotopic (exact) mass is 522 g/mol. The summed E-state index contributed by atoms with van der Waals surface area (Å²) in [6.45, 7) is 30.7. The van der Waals surface area contributed by atoms with E-state index in [1.807, 2.05) is 20.8 Å². The first-order chi connectivity index (χ1) is 15.1. The Hall–Kier alpha value is 0.411. The lowest BCUT2D eigenvalue weighted by Crippen LogP contribution is -2.77. The Balaban J connectivity index is 3.74. The van der Waals surface area contributed by atoms with E-state index in [1.165, 1.54) is 0 Å². The second-order valence-electron chi connectivity index (χ2n) is 12.2. The van der Waals surface area contributed by atoms with E-state index in [4.69, 9.17) is 26.6 Å². The number of ether oxygens (including phenoxy) is 3.